The molecule has 0 aliphatic carbocycles. The molecule has 2 atom stereocenters. The molecule has 5 nitrogen and oxygen atoms in total. The molecular weight excluding hydrogens is 396 g/mol. The van der Waals surface area contributed by atoms with Crippen molar-refractivity contribution >= 4 is 33.4 Å². The molecule has 0 saturated carbocycles. The van der Waals surface area contributed by atoms with Gasteiger partial charge in [0.15, 0.2) is 0 Å². The number of halogens is 1. The summed E-state index contributed by atoms with van der Waals surface area (Å²) in [6, 6.07) is 12.3. The monoisotopic (exact) mass is 416 g/mol. The minimum atomic E-state index is -0.383. The molecular formula is C20H21BrN2O3. The number of aryl methyl sites for hydroxylation is 1. The van der Waals surface area contributed by atoms with E-state index in [2.05, 4.69) is 21.2 Å². The van der Waals surface area contributed by atoms with E-state index in [-0.39, 0.29) is 35.9 Å². The van der Waals surface area contributed by atoms with Crippen LogP contribution in [0.5, 0.6) is 5.75 Å². The van der Waals surface area contributed by atoms with Gasteiger partial charge in [-0.2, -0.15) is 0 Å². The second kappa shape index (κ2) is 7.50. The molecule has 1 aliphatic heterocycles. The fraction of sp³-hybridized carbons (Fsp3) is 0.300. The SMILES string of the molecule is Cc1cc(N2CC(C(=O)NC(C)c3cccc(O)c3)CC2=O)ccc1Br. The van der Waals surface area contributed by atoms with Crippen molar-refractivity contribution in [2.45, 2.75) is 26.3 Å². The van der Waals surface area contributed by atoms with E-state index < -0.39 is 0 Å². The van der Waals surface area contributed by atoms with Crippen LogP contribution in [0.25, 0.3) is 0 Å². The van der Waals surface area contributed by atoms with Crippen LogP contribution < -0.4 is 10.2 Å². The number of nitrogens with zero attached hydrogens (tertiary/aromatic N) is 1. The summed E-state index contributed by atoms with van der Waals surface area (Å²) in [6.45, 7) is 4.20. The molecule has 1 fully saturated rings. The van der Waals surface area contributed by atoms with Gasteiger partial charge in [-0.3, -0.25) is 9.59 Å². The number of rotatable bonds is 4. The van der Waals surface area contributed by atoms with Crippen LogP contribution in [0.1, 0.15) is 30.5 Å². The standard InChI is InChI=1S/C20H21BrN2O3/c1-12-8-16(6-7-18(12)21)23-11-15(10-19(23)25)20(26)22-13(2)14-4-3-5-17(24)9-14/h3-9,13,15,24H,10-11H2,1-2H3,(H,22,26). The average Bonchev–Trinajstić information content (AvgIpc) is 2.99. The predicted octanol–water partition coefficient (Wildman–Crippen LogP) is 3.69. The minimum absolute atomic E-state index is 0.0446. The molecule has 2 aromatic rings. The maximum atomic E-state index is 12.6. The second-order valence-electron chi connectivity index (χ2n) is 6.66. The lowest BCUT2D eigenvalue weighted by atomic mass is 10.0. The van der Waals surface area contributed by atoms with Gasteiger partial charge in [0.2, 0.25) is 11.8 Å². The van der Waals surface area contributed by atoms with E-state index in [0.717, 1.165) is 21.3 Å². The fourth-order valence-corrected chi connectivity index (χ4v) is 3.38. The number of carbonyl (C=O) groups excluding carboxylic acids is 2. The Kier molecular flexibility index (Phi) is 5.32. The van der Waals surface area contributed by atoms with Crippen LogP contribution in [-0.2, 0) is 9.59 Å². The summed E-state index contributed by atoms with van der Waals surface area (Å²) in [5, 5.41) is 12.5. The van der Waals surface area contributed by atoms with Crippen molar-refractivity contribution in [1.29, 1.82) is 0 Å². The van der Waals surface area contributed by atoms with Gasteiger partial charge < -0.3 is 15.3 Å². The Bertz CT molecular complexity index is 853. The fourth-order valence-electron chi connectivity index (χ4n) is 3.14. The van der Waals surface area contributed by atoms with Gasteiger partial charge in [0, 0.05) is 23.1 Å². The van der Waals surface area contributed by atoms with Crippen LogP contribution >= 0.6 is 15.9 Å². The zero-order chi connectivity index (χ0) is 18.8. The Labute approximate surface area is 161 Å². The van der Waals surface area contributed by atoms with Crippen molar-refractivity contribution in [3.05, 3.63) is 58.1 Å². The second-order valence-corrected chi connectivity index (χ2v) is 7.52. The molecule has 26 heavy (non-hydrogen) atoms. The summed E-state index contributed by atoms with van der Waals surface area (Å²) in [5.74, 6) is -0.412. The molecule has 0 radical (unpaired) electrons. The number of hydrogen-bond acceptors (Lipinski definition) is 3. The molecule has 136 valence electrons. The first-order chi connectivity index (χ1) is 12.3. The highest BCUT2D eigenvalue weighted by atomic mass is 79.9. The largest absolute Gasteiger partial charge is 0.508 e. The summed E-state index contributed by atoms with van der Waals surface area (Å²) < 4.78 is 0.988. The molecule has 2 aromatic carbocycles. The van der Waals surface area contributed by atoms with Crippen LogP contribution in [0.4, 0.5) is 5.69 Å². The molecule has 3 rings (SSSR count). The van der Waals surface area contributed by atoms with E-state index in [9.17, 15) is 14.7 Å². The van der Waals surface area contributed by atoms with E-state index >= 15 is 0 Å². The lowest BCUT2D eigenvalue weighted by molar-refractivity contribution is -0.126. The van der Waals surface area contributed by atoms with E-state index in [0.29, 0.717) is 6.54 Å². The molecule has 0 bridgehead atoms. The first-order valence-electron chi connectivity index (χ1n) is 8.51. The van der Waals surface area contributed by atoms with Crippen molar-refractivity contribution in [1.82, 2.24) is 5.32 Å². The Balaban J connectivity index is 1.67. The molecule has 2 N–H and O–H groups in total. The van der Waals surface area contributed by atoms with Crippen molar-refractivity contribution < 1.29 is 14.7 Å². The van der Waals surface area contributed by atoms with Gasteiger partial charge in [-0.15, -0.1) is 0 Å². The third-order valence-corrected chi connectivity index (χ3v) is 5.57. The Morgan fingerprint density at radius 1 is 1.31 bits per heavy atom. The van der Waals surface area contributed by atoms with Crippen LogP contribution in [0.15, 0.2) is 46.9 Å². The summed E-state index contributed by atoms with van der Waals surface area (Å²) >= 11 is 3.46. The van der Waals surface area contributed by atoms with E-state index in [1.165, 1.54) is 0 Å². The number of carbonyl (C=O) groups is 2. The van der Waals surface area contributed by atoms with Crippen molar-refractivity contribution in [2.24, 2.45) is 5.92 Å². The number of nitrogens with one attached hydrogen (secondary N) is 1. The number of phenols is 1. The summed E-state index contributed by atoms with van der Waals surface area (Å²) in [7, 11) is 0. The normalized spacial score (nSPS) is 18.0. The third-order valence-electron chi connectivity index (χ3n) is 4.68. The van der Waals surface area contributed by atoms with Gasteiger partial charge in [0.05, 0.1) is 12.0 Å². The van der Waals surface area contributed by atoms with Crippen LogP contribution in [-0.4, -0.2) is 23.5 Å². The van der Waals surface area contributed by atoms with Gasteiger partial charge in [-0.25, -0.2) is 0 Å². The highest BCUT2D eigenvalue weighted by Gasteiger charge is 2.35. The van der Waals surface area contributed by atoms with Crippen molar-refractivity contribution in [2.75, 3.05) is 11.4 Å². The third kappa shape index (κ3) is 3.90. The zero-order valence-electron chi connectivity index (χ0n) is 14.7. The van der Waals surface area contributed by atoms with Crippen molar-refractivity contribution in [3.63, 3.8) is 0 Å². The quantitative estimate of drug-likeness (QED) is 0.797. The van der Waals surface area contributed by atoms with Gasteiger partial charge in [0.25, 0.3) is 0 Å². The minimum Gasteiger partial charge on any atom is -0.508 e. The number of aromatic hydroxyl groups is 1. The first-order valence-corrected chi connectivity index (χ1v) is 9.30. The summed E-state index contributed by atoms with van der Waals surface area (Å²) in [5.41, 5.74) is 2.68. The van der Waals surface area contributed by atoms with Gasteiger partial charge in [-0.05, 0) is 55.3 Å². The number of amides is 2. The van der Waals surface area contributed by atoms with E-state index in [1.54, 1.807) is 23.1 Å². The van der Waals surface area contributed by atoms with Gasteiger partial charge >= 0.3 is 0 Å². The van der Waals surface area contributed by atoms with Crippen molar-refractivity contribution in [3.8, 4) is 5.75 Å². The maximum absolute atomic E-state index is 12.6. The smallest absolute Gasteiger partial charge is 0.227 e. The molecule has 0 spiro atoms. The lowest BCUT2D eigenvalue weighted by Gasteiger charge is -2.19. The topological polar surface area (TPSA) is 69.6 Å². The predicted molar refractivity (Wildman–Crippen MR) is 104 cm³/mol. The maximum Gasteiger partial charge on any atom is 0.227 e. The van der Waals surface area contributed by atoms with Gasteiger partial charge in [-0.1, -0.05) is 28.1 Å². The van der Waals surface area contributed by atoms with E-state index in [1.807, 2.05) is 38.1 Å². The summed E-state index contributed by atoms with van der Waals surface area (Å²) in [4.78, 5) is 26.7. The average molecular weight is 417 g/mol. The molecule has 1 aliphatic rings. The molecule has 6 heteroatoms. The van der Waals surface area contributed by atoms with Crippen LogP contribution in [0.3, 0.4) is 0 Å². The number of anilines is 1. The number of benzene rings is 2. The Hall–Kier alpha value is -2.34. The molecule has 2 amide bonds. The highest BCUT2D eigenvalue weighted by Crippen LogP contribution is 2.29. The van der Waals surface area contributed by atoms with E-state index in [4.69, 9.17) is 0 Å². The molecule has 1 heterocycles. The zero-order valence-corrected chi connectivity index (χ0v) is 16.3. The Morgan fingerprint density at radius 3 is 2.77 bits per heavy atom. The van der Waals surface area contributed by atoms with Crippen LogP contribution in [0.2, 0.25) is 0 Å². The molecule has 0 aromatic heterocycles. The lowest BCUT2D eigenvalue weighted by Crippen LogP contribution is -2.34. The number of phenolic OH excluding ortho intramolecular Hbond substituents is 1. The first kappa shape index (κ1) is 18.5. The molecule has 1 saturated heterocycles. The highest BCUT2D eigenvalue weighted by molar-refractivity contribution is 9.10. The van der Waals surface area contributed by atoms with Crippen LogP contribution in [0, 0.1) is 12.8 Å². The number of hydrogen-bond donors (Lipinski definition) is 2. The summed E-state index contributed by atoms with van der Waals surface area (Å²) in [6.07, 6.45) is 0.202. The Morgan fingerprint density at radius 2 is 2.08 bits per heavy atom. The van der Waals surface area contributed by atoms with Gasteiger partial charge in [0.1, 0.15) is 5.75 Å². The molecule has 2 unspecified atom stereocenters.